The van der Waals surface area contributed by atoms with E-state index in [0.717, 1.165) is 25.0 Å². The minimum absolute atomic E-state index is 0.230. The van der Waals surface area contributed by atoms with Gasteiger partial charge >= 0.3 is 5.97 Å². The fourth-order valence-electron chi connectivity index (χ4n) is 2.57. The minimum Gasteiger partial charge on any atom is -0.463 e. The van der Waals surface area contributed by atoms with Crippen LogP contribution in [0, 0.1) is 11.3 Å². The van der Waals surface area contributed by atoms with Crippen LogP contribution in [0.15, 0.2) is 11.6 Å². The zero-order chi connectivity index (χ0) is 13.8. The summed E-state index contributed by atoms with van der Waals surface area (Å²) in [4.78, 5) is 11.3. The second kappa shape index (κ2) is 6.37. The Hall–Kier alpha value is -0.830. The van der Waals surface area contributed by atoms with Gasteiger partial charge in [-0.1, -0.05) is 19.4 Å². The predicted octanol–water partition coefficient (Wildman–Crippen LogP) is 3.34. The summed E-state index contributed by atoms with van der Waals surface area (Å²) in [6.45, 7) is 11.6. The number of ether oxygens (including phenoxy) is 2. The van der Waals surface area contributed by atoms with E-state index in [0.29, 0.717) is 24.0 Å². The summed E-state index contributed by atoms with van der Waals surface area (Å²) in [6.07, 6.45) is 4.02. The molecule has 1 aliphatic rings. The molecule has 0 aromatic heterocycles. The SMILES string of the molecule is CCOC(=O)/C=C(\C)CC[C@@H]1[C@H](OCC)C1(C)C. The lowest BCUT2D eigenvalue weighted by Gasteiger charge is -2.03. The number of allylic oxidation sites excluding steroid dienone is 1. The van der Waals surface area contributed by atoms with Crippen LogP contribution >= 0.6 is 0 Å². The molecule has 0 amide bonds. The topological polar surface area (TPSA) is 35.5 Å². The van der Waals surface area contributed by atoms with Crippen molar-refractivity contribution < 1.29 is 14.3 Å². The highest BCUT2D eigenvalue weighted by atomic mass is 16.5. The largest absolute Gasteiger partial charge is 0.463 e. The molecule has 1 rings (SSSR count). The average molecular weight is 254 g/mol. The van der Waals surface area contributed by atoms with Crippen LogP contribution in [0.4, 0.5) is 0 Å². The molecule has 0 unspecified atom stereocenters. The summed E-state index contributed by atoms with van der Waals surface area (Å²) in [5, 5.41) is 0. The zero-order valence-electron chi connectivity index (χ0n) is 12.3. The van der Waals surface area contributed by atoms with Gasteiger partial charge in [-0.05, 0) is 44.9 Å². The van der Waals surface area contributed by atoms with E-state index in [1.807, 2.05) is 20.8 Å². The molecule has 0 spiro atoms. The number of carbonyl (C=O) groups is 1. The van der Waals surface area contributed by atoms with Gasteiger partial charge in [0, 0.05) is 12.7 Å². The van der Waals surface area contributed by atoms with E-state index >= 15 is 0 Å². The molecule has 0 aromatic rings. The Morgan fingerprint density at radius 2 is 1.94 bits per heavy atom. The highest BCUT2D eigenvalue weighted by Gasteiger charge is 2.57. The van der Waals surface area contributed by atoms with Crippen LogP contribution in [0.2, 0.25) is 0 Å². The lowest BCUT2D eigenvalue weighted by molar-refractivity contribution is -0.137. The smallest absolute Gasteiger partial charge is 0.330 e. The molecule has 2 atom stereocenters. The molecule has 0 aromatic carbocycles. The van der Waals surface area contributed by atoms with Gasteiger partial charge in [-0.25, -0.2) is 4.79 Å². The van der Waals surface area contributed by atoms with E-state index in [1.165, 1.54) is 0 Å². The second-order valence-electron chi connectivity index (χ2n) is 5.59. The molecule has 18 heavy (non-hydrogen) atoms. The van der Waals surface area contributed by atoms with Gasteiger partial charge in [-0.3, -0.25) is 0 Å². The Labute approximate surface area is 111 Å². The van der Waals surface area contributed by atoms with E-state index in [2.05, 4.69) is 13.8 Å². The molecule has 104 valence electrons. The summed E-state index contributed by atoms with van der Waals surface area (Å²) < 4.78 is 10.6. The summed E-state index contributed by atoms with van der Waals surface area (Å²) in [6, 6.07) is 0. The van der Waals surface area contributed by atoms with Crippen LogP contribution in [0.25, 0.3) is 0 Å². The number of hydrogen-bond donors (Lipinski definition) is 0. The summed E-state index contributed by atoms with van der Waals surface area (Å²) >= 11 is 0. The van der Waals surface area contributed by atoms with Crippen LogP contribution in [0.5, 0.6) is 0 Å². The molecule has 0 radical (unpaired) electrons. The second-order valence-corrected chi connectivity index (χ2v) is 5.59. The lowest BCUT2D eigenvalue weighted by Crippen LogP contribution is -2.01. The minimum atomic E-state index is -0.230. The van der Waals surface area contributed by atoms with E-state index in [4.69, 9.17) is 9.47 Å². The highest BCUT2D eigenvalue weighted by molar-refractivity contribution is 5.82. The Morgan fingerprint density at radius 1 is 1.28 bits per heavy atom. The Kier molecular flexibility index (Phi) is 5.39. The van der Waals surface area contributed by atoms with Crippen molar-refractivity contribution in [1.29, 1.82) is 0 Å². The van der Waals surface area contributed by atoms with E-state index < -0.39 is 0 Å². The fraction of sp³-hybridized carbons (Fsp3) is 0.800. The van der Waals surface area contributed by atoms with Gasteiger partial charge in [0.05, 0.1) is 12.7 Å². The normalized spacial score (nSPS) is 25.9. The maximum Gasteiger partial charge on any atom is 0.330 e. The highest BCUT2D eigenvalue weighted by Crippen LogP contribution is 2.56. The number of hydrogen-bond acceptors (Lipinski definition) is 3. The first-order valence-electron chi connectivity index (χ1n) is 6.89. The molecule has 1 saturated carbocycles. The van der Waals surface area contributed by atoms with Gasteiger partial charge in [-0.15, -0.1) is 0 Å². The van der Waals surface area contributed by atoms with Gasteiger partial charge in [0.25, 0.3) is 0 Å². The third kappa shape index (κ3) is 3.84. The Balaban J connectivity index is 2.36. The molecule has 3 nitrogen and oxygen atoms in total. The van der Waals surface area contributed by atoms with Crippen molar-refractivity contribution in [3.8, 4) is 0 Å². The Bertz CT molecular complexity index is 318. The average Bonchev–Trinajstić information content (AvgIpc) is 2.78. The molecule has 0 aliphatic heterocycles. The van der Waals surface area contributed by atoms with Crippen LogP contribution in [0.3, 0.4) is 0 Å². The molecular formula is C15H26O3. The first kappa shape index (κ1) is 15.2. The van der Waals surface area contributed by atoms with E-state index in [9.17, 15) is 4.79 Å². The van der Waals surface area contributed by atoms with E-state index in [-0.39, 0.29) is 5.97 Å². The molecule has 1 fully saturated rings. The van der Waals surface area contributed by atoms with Gasteiger partial charge in [0.2, 0.25) is 0 Å². The first-order valence-corrected chi connectivity index (χ1v) is 6.89. The van der Waals surface area contributed by atoms with Gasteiger partial charge in [0.15, 0.2) is 0 Å². The standard InChI is InChI=1S/C15H26O3/c1-6-17-13(16)10-11(3)8-9-12-14(18-7-2)15(12,4)5/h10,12,14H,6-9H2,1-5H3/b11-10+/t12-,14+/m1/s1. The van der Waals surface area contributed by atoms with Crippen molar-refractivity contribution >= 4 is 5.97 Å². The Morgan fingerprint density at radius 3 is 2.50 bits per heavy atom. The van der Waals surface area contributed by atoms with Gasteiger partial charge < -0.3 is 9.47 Å². The lowest BCUT2D eigenvalue weighted by atomic mass is 10.0. The maximum atomic E-state index is 11.3. The van der Waals surface area contributed by atoms with Crippen molar-refractivity contribution in [3.63, 3.8) is 0 Å². The monoisotopic (exact) mass is 254 g/mol. The van der Waals surface area contributed by atoms with Crippen LogP contribution in [-0.4, -0.2) is 25.3 Å². The quantitative estimate of drug-likeness (QED) is 0.516. The number of esters is 1. The van der Waals surface area contributed by atoms with Crippen molar-refractivity contribution in [2.24, 2.45) is 11.3 Å². The molecular weight excluding hydrogens is 228 g/mol. The third-order valence-electron chi connectivity index (χ3n) is 3.79. The number of carbonyl (C=O) groups excluding carboxylic acids is 1. The van der Waals surface area contributed by atoms with Crippen molar-refractivity contribution in [1.82, 2.24) is 0 Å². The maximum absolute atomic E-state index is 11.3. The van der Waals surface area contributed by atoms with Crippen LogP contribution in [-0.2, 0) is 14.3 Å². The van der Waals surface area contributed by atoms with Crippen molar-refractivity contribution in [2.75, 3.05) is 13.2 Å². The molecule has 0 bridgehead atoms. The van der Waals surface area contributed by atoms with Crippen LogP contribution in [0.1, 0.15) is 47.5 Å². The van der Waals surface area contributed by atoms with Gasteiger partial charge in [-0.2, -0.15) is 0 Å². The number of rotatable bonds is 7. The van der Waals surface area contributed by atoms with Crippen molar-refractivity contribution in [3.05, 3.63) is 11.6 Å². The molecule has 3 heteroatoms. The first-order chi connectivity index (χ1) is 8.43. The summed E-state index contributed by atoms with van der Waals surface area (Å²) in [5.74, 6) is 0.384. The van der Waals surface area contributed by atoms with E-state index in [1.54, 1.807) is 6.08 Å². The molecule has 0 N–H and O–H groups in total. The molecule has 0 saturated heterocycles. The molecule has 1 aliphatic carbocycles. The van der Waals surface area contributed by atoms with Crippen molar-refractivity contribution in [2.45, 2.75) is 53.6 Å². The fourth-order valence-corrected chi connectivity index (χ4v) is 2.57. The van der Waals surface area contributed by atoms with Crippen LogP contribution < -0.4 is 0 Å². The predicted molar refractivity (Wildman–Crippen MR) is 72.3 cm³/mol. The van der Waals surface area contributed by atoms with Gasteiger partial charge in [0.1, 0.15) is 0 Å². The summed E-state index contributed by atoms with van der Waals surface area (Å²) in [7, 11) is 0. The summed E-state index contributed by atoms with van der Waals surface area (Å²) in [5.41, 5.74) is 1.38. The zero-order valence-corrected chi connectivity index (χ0v) is 12.3. The third-order valence-corrected chi connectivity index (χ3v) is 3.79. The molecule has 0 heterocycles.